The van der Waals surface area contributed by atoms with Gasteiger partial charge in [0, 0.05) is 23.7 Å². The number of alkyl carbamates (subject to hydrolysis) is 1. The zero-order valence-electron chi connectivity index (χ0n) is 22.7. The largest absolute Gasteiger partial charge is 0.444 e. The minimum absolute atomic E-state index is 0.229. The highest BCUT2D eigenvalue weighted by atomic mass is 16.6. The van der Waals surface area contributed by atoms with Gasteiger partial charge in [0.2, 0.25) is 5.91 Å². The van der Waals surface area contributed by atoms with Gasteiger partial charge in [-0.25, -0.2) is 9.78 Å². The number of fused-ring (bicyclic) bond motifs is 1. The molecule has 2 heterocycles. The van der Waals surface area contributed by atoms with Crippen molar-refractivity contribution in [1.82, 2.24) is 20.6 Å². The van der Waals surface area contributed by atoms with Crippen LogP contribution in [-0.4, -0.2) is 33.5 Å². The van der Waals surface area contributed by atoms with Gasteiger partial charge in [0.05, 0.1) is 28.5 Å². The lowest BCUT2D eigenvalue weighted by Gasteiger charge is -2.20. The summed E-state index contributed by atoms with van der Waals surface area (Å²) in [7, 11) is 0. The molecule has 4 rings (SSSR count). The van der Waals surface area contributed by atoms with Gasteiger partial charge >= 0.3 is 6.09 Å². The average molecular weight is 528 g/mol. The lowest BCUT2D eigenvalue weighted by Crippen LogP contribution is -2.32. The van der Waals surface area contributed by atoms with Crippen LogP contribution in [0.15, 0.2) is 60.8 Å². The quantitative estimate of drug-likeness (QED) is 0.263. The summed E-state index contributed by atoms with van der Waals surface area (Å²) in [5.41, 5.74) is 10.2. The Kier molecular flexibility index (Phi) is 7.71. The van der Waals surface area contributed by atoms with Crippen LogP contribution in [0.1, 0.15) is 71.1 Å². The van der Waals surface area contributed by atoms with Crippen molar-refractivity contribution in [2.75, 3.05) is 0 Å². The van der Waals surface area contributed by atoms with Crippen LogP contribution >= 0.6 is 0 Å². The molecule has 0 aliphatic rings. The summed E-state index contributed by atoms with van der Waals surface area (Å²) in [5, 5.41) is 6.74. The van der Waals surface area contributed by atoms with Gasteiger partial charge in [-0.2, -0.15) is 0 Å². The van der Waals surface area contributed by atoms with E-state index >= 15 is 0 Å². The summed E-state index contributed by atoms with van der Waals surface area (Å²) in [4.78, 5) is 44.8. The average Bonchev–Trinajstić information content (AvgIpc) is 3.37. The normalized spacial score (nSPS) is 12.1. The summed E-state index contributed by atoms with van der Waals surface area (Å²) in [6.45, 7) is 9.41. The van der Waals surface area contributed by atoms with E-state index in [0.717, 1.165) is 27.6 Å². The Morgan fingerprint density at radius 2 is 1.82 bits per heavy atom. The molecule has 39 heavy (non-hydrogen) atoms. The van der Waals surface area contributed by atoms with Crippen LogP contribution in [0.2, 0.25) is 0 Å². The predicted molar refractivity (Wildman–Crippen MR) is 150 cm³/mol. The maximum atomic E-state index is 13.4. The van der Waals surface area contributed by atoms with Crippen LogP contribution in [0, 0.1) is 6.92 Å². The van der Waals surface area contributed by atoms with E-state index in [1.807, 2.05) is 56.3 Å². The number of aromatic amines is 1. The number of carbonyl (C=O) groups is 3. The number of nitrogens with one attached hydrogen (secondary N) is 3. The van der Waals surface area contributed by atoms with E-state index in [4.69, 9.17) is 15.5 Å². The second-order valence-electron chi connectivity index (χ2n) is 10.5. The first-order chi connectivity index (χ1) is 18.4. The lowest BCUT2D eigenvalue weighted by molar-refractivity contribution is 0.0523. The summed E-state index contributed by atoms with van der Waals surface area (Å²) < 4.78 is 5.29. The Labute approximate surface area is 227 Å². The number of hydrogen-bond acceptors (Lipinski definition) is 5. The molecule has 5 N–H and O–H groups in total. The maximum Gasteiger partial charge on any atom is 0.407 e. The van der Waals surface area contributed by atoms with Crippen molar-refractivity contribution in [2.24, 2.45) is 5.73 Å². The highest BCUT2D eigenvalue weighted by molar-refractivity contribution is 5.97. The lowest BCUT2D eigenvalue weighted by atomic mass is 9.99. The van der Waals surface area contributed by atoms with Crippen molar-refractivity contribution < 1.29 is 19.1 Å². The molecular weight excluding hydrogens is 494 g/mol. The fraction of sp³-hybridized carbons (Fsp3) is 0.267. The molecule has 0 aliphatic carbocycles. The molecule has 0 fully saturated rings. The van der Waals surface area contributed by atoms with Gasteiger partial charge in [-0.1, -0.05) is 30.3 Å². The zero-order valence-corrected chi connectivity index (χ0v) is 22.7. The first-order valence-electron chi connectivity index (χ1n) is 12.7. The SMILES string of the molecule is Cc1ccc(CNC(=O)OC(C)(C)C)cc1C(=O)N[C@H](C)c1cc(-c2cc(C(N)=O)c[nH]2)nc2ccccc12. The number of para-hydroxylation sites is 1. The molecule has 9 heteroatoms. The number of H-pyrrole nitrogens is 1. The Bertz CT molecular complexity index is 1550. The number of pyridine rings is 1. The molecule has 2 aromatic heterocycles. The number of nitrogens with two attached hydrogens (primary N) is 1. The number of rotatable bonds is 7. The number of hydrogen-bond donors (Lipinski definition) is 4. The molecule has 0 spiro atoms. The van der Waals surface area contributed by atoms with Crippen LogP contribution in [-0.2, 0) is 11.3 Å². The molecule has 9 nitrogen and oxygen atoms in total. The summed E-state index contributed by atoms with van der Waals surface area (Å²) in [6, 6.07) is 16.4. The van der Waals surface area contributed by atoms with Crippen LogP contribution in [0.3, 0.4) is 0 Å². The molecule has 0 bridgehead atoms. The van der Waals surface area contributed by atoms with Gasteiger partial charge < -0.3 is 26.1 Å². The molecule has 0 saturated heterocycles. The van der Waals surface area contributed by atoms with Gasteiger partial charge in [-0.3, -0.25) is 9.59 Å². The van der Waals surface area contributed by atoms with Crippen molar-refractivity contribution in [1.29, 1.82) is 0 Å². The molecule has 0 aliphatic heterocycles. The van der Waals surface area contributed by atoms with E-state index in [9.17, 15) is 14.4 Å². The third-order valence-corrected chi connectivity index (χ3v) is 6.19. The second kappa shape index (κ2) is 11.0. The molecular formula is C30H33N5O4. The zero-order chi connectivity index (χ0) is 28.3. The minimum atomic E-state index is -0.597. The summed E-state index contributed by atoms with van der Waals surface area (Å²) >= 11 is 0. The summed E-state index contributed by atoms with van der Waals surface area (Å²) in [5.74, 6) is -0.768. The third kappa shape index (κ3) is 6.62. The molecule has 0 saturated carbocycles. The van der Waals surface area contributed by atoms with E-state index in [-0.39, 0.29) is 18.5 Å². The van der Waals surface area contributed by atoms with Crippen molar-refractivity contribution in [3.8, 4) is 11.4 Å². The number of aromatic nitrogens is 2. The van der Waals surface area contributed by atoms with Gasteiger partial charge in [-0.05, 0) is 75.6 Å². The predicted octanol–water partition coefficient (Wildman–Crippen LogP) is 5.15. The van der Waals surface area contributed by atoms with Gasteiger partial charge in [-0.15, -0.1) is 0 Å². The smallest absolute Gasteiger partial charge is 0.407 e. The molecule has 0 radical (unpaired) electrons. The van der Waals surface area contributed by atoms with Gasteiger partial charge in [0.25, 0.3) is 5.91 Å². The highest BCUT2D eigenvalue weighted by Gasteiger charge is 2.19. The topological polar surface area (TPSA) is 139 Å². The molecule has 202 valence electrons. The standard InChI is InChI=1S/C30H33N5O4/c1-17-10-11-19(15-33-29(38)39-30(3,4)5)12-22(17)28(37)34-18(2)23-14-26(25-13-20(16-32-25)27(31)36)35-24-9-7-6-8-21(23)24/h6-14,16,18,32H,15H2,1-5H3,(H2,31,36)(H,33,38)(H,34,37)/t18-/m1/s1. The van der Waals surface area contributed by atoms with E-state index in [0.29, 0.717) is 22.5 Å². The van der Waals surface area contributed by atoms with Crippen LogP contribution < -0.4 is 16.4 Å². The number of ether oxygens (including phenoxy) is 1. The molecule has 3 amide bonds. The number of benzene rings is 2. The Balaban J connectivity index is 1.57. The van der Waals surface area contributed by atoms with Crippen LogP contribution in [0.5, 0.6) is 0 Å². The summed E-state index contributed by atoms with van der Waals surface area (Å²) in [6.07, 6.45) is 1.03. The molecule has 1 atom stereocenters. The molecule has 4 aromatic rings. The fourth-order valence-corrected chi connectivity index (χ4v) is 4.25. The number of aryl methyl sites for hydroxylation is 1. The fourth-order valence-electron chi connectivity index (χ4n) is 4.25. The molecule has 0 unspecified atom stereocenters. The number of primary amides is 1. The Hall–Kier alpha value is -4.66. The third-order valence-electron chi connectivity index (χ3n) is 6.19. The van der Waals surface area contributed by atoms with E-state index < -0.39 is 17.6 Å². The van der Waals surface area contributed by atoms with E-state index in [1.165, 1.54) is 0 Å². The number of carbonyl (C=O) groups excluding carboxylic acids is 3. The highest BCUT2D eigenvalue weighted by Crippen LogP contribution is 2.29. The number of nitrogens with zero attached hydrogens (tertiary/aromatic N) is 1. The number of amides is 3. The molecule has 2 aromatic carbocycles. The monoisotopic (exact) mass is 527 g/mol. The van der Waals surface area contributed by atoms with Crippen molar-refractivity contribution >= 4 is 28.8 Å². The van der Waals surface area contributed by atoms with E-state index in [1.54, 1.807) is 39.1 Å². The van der Waals surface area contributed by atoms with Crippen molar-refractivity contribution in [2.45, 2.75) is 52.8 Å². The van der Waals surface area contributed by atoms with Crippen LogP contribution in [0.4, 0.5) is 4.79 Å². The first kappa shape index (κ1) is 27.4. The Morgan fingerprint density at radius 1 is 1.08 bits per heavy atom. The maximum absolute atomic E-state index is 13.4. The van der Waals surface area contributed by atoms with Gasteiger partial charge in [0.15, 0.2) is 0 Å². The second-order valence-corrected chi connectivity index (χ2v) is 10.5. The van der Waals surface area contributed by atoms with Crippen molar-refractivity contribution in [3.05, 3.63) is 88.6 Å². The first-order valence-corrected chi connectivity index (χ1v) is 12.7. The van der Waals surface area contributed by atoms with Crippen LogP contribution in [0.25, 0.3) is 22.3 Å². The van der Waals surface area contributed by atoms with Gasteiger partial charge in [0.1, 0.15) is 5.60 Å². The Morgan fingerprint density at radius 3 is 2.51 bits per heavy atom. The van der Waals surface area contributed by atoms with E-state index in [2.05, 4.69) is 15.6 Å². The minimum Gasteiger partial charge on any atom is -0.444 e. The van der Waals surface area contributed by atoms with Crippen molar-refractivity contribution in [3.63, 3.8) is 0 Å².